The number of ketones is 1. The molecule has 2 heterocycles. The van der Waals surface area contributed by atoms with Crippen LogP contribution in [0, 0.1) is 5.92 Å². The normalized spacial score (nSPS) is 21.4. The van der Waals surface area contributed by atoms with Crippen LogP contribution in [0.3, 0.4) is 0 Å². The van der Waals surface area contributed by atoms with E-state index >= 15 is 0 Å². The van der Waals surface area contributed by atoms with Gasteiger partial charge in [0.2, 0.25) is 5.95 Å². The number of carbonyl (C=O) groups is 1. The Morgan fingerprint density at radius 3 is 2.41 bits per heavy atom. The van der Waals surface area contributed by atoms with Crippen LogP contribution in [0.25, 0.3) is 0 Å². The third-order valence-electron chi connectivity index (χ3n) is 5.76. The second-order valence-electron chi connectivity index (χ2n) is 8.27. The van der Waals surface area contributed by atoms with E-state index in [1.807, 2.05) is 0 Å². The highest BCUT2D eigenvalue weighted by Crippen LogP contribution is 2.48. The Balaban J connectivity index is 1.26. The van der Waals surface area contributed by atoms with Crippen molar-refractivity contribution in [3.63, 3.8) is 0 Å². The van der Waals surface area contributed by atoms with Gasteiger partial charge in [0.15, 0.2) is 5.75 Å². The van der Waals surface area contributed by atoms with Crippen LogP contribution in [0.1, 0.15) is 49.7 Å². The van der Waals surface area contributed by atoms with E-state index in [-0.39, 0.29) is 24.7 Å². The zero-order chi connectivity index (χ0) is 20.6. The van der Waals surface area contributed by atoms with Gasteiger partial charge in [-0.3, -0.25) is 0 Å². The Hall–Kier alpha value is -2.57. The number of nitrogens with zero attached hydrogens (tertiary/aromatic N) is 3. The lowest BCUT2D eigenvalue weighted by Gasteiger charge is -2.39. The first-order valence-corrected chi connectivity index (χ1v) is 9.99. The molecule has 0 bridgehead atoms. The second kappa shape index (κ2) is 7.69. The molecule has 0 N–H and O–H groups in total. The lowest BCUT2D eigenvalue weighted by Crippen LogP contribution is -2.45. The largest absolute Gasteiger partial charge is 0.490 e. The van der Waals surface area contributed by atoms with Gasteiger partial charge in [0.1, 0.15) is 5.78 Å². The first-order valence-electron chi connectivity index (χ1n) is 9.99. The minimum atomic E-state index is -2.57. The number of alkyl halides is 2. The summed E-state index contributed by atoms with van der Waals surface area (Å²) in [6, 6.07) is 8.49. The Morgan fingerprint density at radius 2 is 1.86 bits per heavy atom. The van der Waals surface area contributed by atoms with E-state index in [2.05, 4.69) is 46.1 Å². The van der Waals surface area contributed by atoms with Gasteiger partial charge in [-0.05, 0) is 24.0 Å². The van der Waals surface area contributed by atoms with E-state index < -0.39 is 11.8 Å². The fraction of sp³-hybridized carbons (Fsp3) is 0.500. The quantitative estimate of drug-likeness (QED) is 0.664. The van der Waals surface area contributed by atoms with Gasteiger partial charge in [0.05, 0.1) is 24.9 Å². The van der Waals surface area contributed by atoms with Gasteiger partial charge >= 0.3 is 0 Å². The molecule has 2 aromatic rings. The van der Waals surface area contributed by atoms with Gasteiger partial charge in [-0.15, -0.1) is 0 Å². The molecule has 29 heavy (non-hydrogen) atoms. The van der Waals surface area contributed by atoms with Gasteiger partial charge < -0.3 is 14.4 Å². The molecule has 154 valence electrons. The first-order chi connectivity index (χ1) is 13.8. The smallest absolute Gasteiger partial charge is 0.255 e. The summed E-state index contributed by atoms with van der Waals surface area (Å²) in [5.74, 6) is -1.35. The van der Waals surface area contributed by atoms with Crippen LogP contribution in [0.15, 0.2) is 36.7 Å². The van der Waals surface area contributed by atoms with Crippen molar-refractivity contribution in [3.8, 4) is 5.75 Å². The summed E-state index contributed by atoms with van der Waals surface area (Å²) in [5, 5.41) is 0. The number of aromatic nitrogens is 2. The van der Waals surface area contributed by atoms with Crippen molar-refractivity contribution in [1.29, 1.82) is 0 Å². The molecular weight excluding hydrogens is 376 g/mol. The Bertz CT molecular complexity index is 865. The number of benzene rings is 1. The predicted molar refractivity (Wildman–Crippen MR) is 106 cm³/mol. The predicted octanol–water partition coefficient (Wildman–Crippen LogP) is 4.20. The van der Waals surface area contributed by atoms with E-state index in [0.29, 0.717) is 24.0 Å². The number of hydrogen-bond donors (Lipinski definition) is 0. The number of halogens is 2. The molecule has 1 aliphatic carbocycles. The SMILES string of the molecule is CC(=O)C[C@@H](C)c1ccc(C2CN(c3ncc(OCC4CC4(F)F)cn3)C2)cc1. The lowest BCUT2D eigenvalue weighted by molar-refractivity contribution is -0.117. The molecule has 1 aromatic heterocycles. The Morgan fingerprint density at radius 1 is 1.24 bits per heavy atom. The summed E-state index contributed by atoms with van der Waals surface area (Å²) in [4.78, 5) is 22.0. The molecule has 2 aliphatic rings. The maximum Gasteiger partial charge on any atom is 0.255 e. The van der Waals surface area contributed by atoms with Crippen LogP contribution in [0.5, 0.6) is 5.75 Å². The Labute approximate surface area is 169 Å². The van der Waals surface area contributed by atoms with E-state index in [9.17, 15) is 13.6 Å². The minimum Gasteiger partial charge on any atom is -0.490 e. The molecule has 0 radical (unpaired) electrons. The average molecular weight is 401 g/mol. The third-order valence-corrected chi connectivity index (χ3v) is 5.76. The molecule has 4 rings (SSSR count). The molecule has 1 saturated heterocycles. The molecular formula is C22H25F2N3O2. The summed E-state index contributed by atoms with van der Waals surface area (Å²) in [7, 11) is 0. The van der Waals surface area contributed by atoms with Crippen molar-refractivity contribution in [3.05, 3.63) is 47.8 Å². The molecule has 2 atom stereocenters. The standard InChI is InChI=1S/C22H25F2N3O2/c1-14(7-15(2)28)16-3-5-17(6-4-16)18-11-27(12-18)21-25-9-20(10-26-21)29-13-19-8-22(19,23)24/h3-6,9-10,14,18-19H,7-8,11-13H2,1-2H3/t14-,19?/m1/s1. The van der Waals surface area contributed by atoms with Crippen LogP contribution in [0.2, 0.25) is 0 Å². The number of carbonyl (C=O) groups excluding carboxylic acids is 1. The minimum absolute atomic E-state index is 0.00250. The number of ether oxygens (including phenoxy) is 1. The van der Waals surface area contributed by atoms with Crippen LogP contribution in [-0.2, 0) is 4.79 Å². The van der Waals surface area contributed by atoms with Crippen molar-refractivity contribution in [2.45, 2.75) is 44.4 Å². The van der Waals surface area contributed by atoms with Gasteiger partial charge in [-0.25, -0.2) is 18.7 Å². The Kier molecular flexibility index (Phi) is 5.23. The molecule has 0 spiro atoms. The lowest BCUT2D eigenvalue weighted by atomic mass is 9.89. The number of anilines is 1. The molecule has 5 nitrogen and oxygen atoms in total. The van der Waals surface area contributed by atoms with Crippen molar-refractivity contribution >= 4 is 11.7 Å². The first kappa shape index (κ1) is 19.7. The molecule has 1 aliphatic heterocycles. The van der Waals surface area contributed by atoms with Crippen molar-refractivity contribution < 1.29 is 18.3 Å². The van der Waals surface area contributed by atoms with Crippen LogP contribution in [0.4, 0.5) is 14.7 Å². The molecule has 1 aromatic carbocycles. The van der Waals surface area contributed by atoms with E-state index in [4.69, 9.17) is 4.74 Å². The topological polar surface area (TPSA) is 55.3 Å². The van der Waals surface area contributed by atoms with Crippen molar-refractivity contribution in [1.82, 2.24) is 9.97 Å². The molecule has 1 unspecified atom stereocenters. The highest BCUT2D eigenvalue weighted by molar-refractivity contribution is 5.76. The number of Topliss-reactive ketones (excluding diaryl/α,β-unsaturated/α-hetero) is 1. The van der Waals surface area contributed by atoms with Crippen LogP contribution in [-0.4, -0.2) is 41.4 Å². The number of hydrogen-bond acceptors (Lipinski definition) is 5. The molecule has 7 heteroatoms. The maximum absolute atomic E-state index is 12.9. The third kappa shape index (κ3) is 4.54. The summed E-state index contributed by atoms with van der Waals surface area (Å²) < 4.78 is 31.1. The summed E-state index contributed by atoms with van der Waals surface area (Å²) in [5.41, 5.74) is 2.45. The molecule has 2 fully saturated rings. The highest BCUT2D eigenvalue weighted by Gasteiger charge is 2.57. The summed E-state index contributed by atoms with van der Waals surface area (Å²) >= 11 is 0. The zero-order valence-corrected chi connectivity index (χ0v) is 16.6. The monoisotopic (exact) mass is 401 g/mol. The maximum atomic E-state index is 12.9. The van der Waals surface area contributed by atoms with Gasteiger partial charge in [-0.2, -0.15) is 0 Å². The summed E-state index contributed by atoms with van der Waals surface area (Å²) in [6.45, 7) is 5.36. The van der Waals surface area contributed by atoms with Crippen LogP contribution >= 0.6 is 0 Å². The molecule has 1 saturated carbocycles. The fourth-order valence-electron chi connectivity index (χ4n) is 3.69. The van der Waals surface area contributed by atoms with Gasteiger partial charge in [0, 0.05) is 31.8 Å². The average Bonchev–Trinajstić information content (AvgIpc) is 3.26. The molecule has 0 amide bonds. The highest BCUT2D eigenvalue weighted by atomic mass is 19.3. The van der Waals surface area contributed by atoms with E-state index in [1.54, 1.807) is 19.3 Å². The summed E-state index contributed by atoms with van der Waals surface area (Å²) in [6.07, 6.45) is 3.55. The van der Waals surface area contributed by atoms with E-state index in [1.165, 1.54) is 11.1 Å². The second-order valence-corrected chi connectivity index (χ2v) is 8.27. The van der Waals surface area contributed by atoms with E-state index in [0.717, 1.165) is 13.1 Å². The van der Waals surface area contributed by atoms with Gasteiger partial charge in [0.25, 0.3) is 5.92 Å². The van der Waals surface area contributed by atoms with Crippen LogP contribution < -0.4 is 9.64 Å². The fourth-order valence-corrected chi connectivity index (χ4v) is 3.69. The van der Waals surface area contributed by atoms with Crippen molar-refractivity contribution in [2.24, 2.45) is 5.92 Å². The van der Waals surface area contributed by atoms with Crippen molar-refractivity contribution in [2.75, 3.05) is 24.6 Å². The zero-order valence-electron chi connectivity index (χ0n) is 16.6. The number of rotatable bonds is 8. The van der Waals surface area contributed by atoms with Gasteiger partial charge in [-0.1, -0.05) is 31.2 Å².